The molecule has 2 aromatic heterocycles. The van der Waals surface area contributed by atoms with Crippen LogP contribution in [0.4, 0.5) is 19.4 Å². The molecule has 0 spiro atoms. The number of para-hydroxylation sites is 1. The van der Waals surface area contributed by atoms with E-state index < -0.39 is 24.2 Å². The van der Waals surface area contributed by atoms with Crippen molar-refractivity contribution in [3.05, 3.63) is 54.4 Å². The number of anilines is 1. The molecule has 34 heavy (non-hydrogen) atoms. The maximum atomic E-state index is 15.0. The number of benzene rings is 1. The second-order valence-corrected chi connectivity index (χ2v) is 8.87. The Morgan fingerprint density at radius 1 is 1.24 bits per heavy atom. The van der Waals surface area contributed by atoms with Crippen molar-refractivity contribution in [1.29, 1.82) is 0 Å². The molecule has 9 nitrogen and oxygen atoms in total. The lowest BCUT2D eigenvalue weighted by atomic mass is 9.99. The Hall–Kier alpha value is -4.02. The van der Waals surface area contributed by atoms with Crippen molar-refractivity contribution in [2.24, 2.45) is 0 Å². The fourth-order valence-corrected chi connectivity index (χ4v) is 3.53. The van der Waals surface area contributed by atoms with E-state index in [1.54, 1.807) is 45.0 Å². The molecule has 1 amide bonds. The highest BCUT2D eigenvalue weighted by Gasteiger charge is 2.42. The average Bonchev–Trinajstić information content (AvgIpc) is 3.22. The van der Waals surface area contributed by atoms with Crippen molar-refractivity contribution in [3.63, 3.8) is 0 Å². The molecule has 0 aliphatic carbocycles. The van der Waals surface area contributed by atoms with E-state index in [4.69, 9.17) is 10.5 Å². The maximum Gasteiger partial charge on any atom is 0.410 e. The highest BCUT2D eigenvalue weighted by molar-refractivity contribution is 5.76. The van der Waals surface area contributed by atoms with Gasteiger partial charge in [0.2, 0.25) is 0 Å². The van der Waals surface area contributed by atoms with Crippen molar-refractivity contribution < 1.29 is 23.4 Å². The maximum absolute atomic E-state index is 15.0. The Morgan fingerprint density at radius 3 is 2.65 bits per heavy atom. The predicted octanol–water partition coefficient (Wildman–Crippen LogP) is 3.89. The van der Waals surface area contributed by atoms with Gasteiger partial charge in [-0.2, -0.15) is 13.9 Å². The summed E-state index contributed by atoms with van der Waals surface area (Å²) in [6.45, 7) is 4.18. The number of nitrogens with zero attached hydrogens (tertiary/aromatic N) is 5. The molecule has 3 aromatic rings. The molecule has 3 heterocycles. The number of nitrogens with two attached hydrogens (primary N) is 1. The molecule has 0 saturated carbocycles. The third kappa shape index (κ3) is 4.68. The van der Waals surface area contributed by atoms with Crippen LogP contribution in [0.15, 0.2) is 48.8 Å². The van der Waals surface area contributed by atoms with Gasteiger partial charge in [0, 0.05) is 29.4 Å². The van der Waals surface area contributed by atoms with Gasteiger partial charge in [-0.15, -0.1) is 10.2 Å². The monoisotopic (exact) mass is 470 g/mol. The first-order valence-corrected chi connectivity index (χ1v) is 10.5. The Morgan fingerprint density at radius 2 is 1.97 bits per heavy atom. The van der Waals surface area contributed by atoms with Crippen molar-refractivity contribution in [1.82, 2.24) is 24.9 Å². The summed E-state index contributed by atoms with van der Waals surface area (Å²) in [6.07, 6.45) is 3.19. The normalized spacial score (nSPS) is 15.7. The number of alkyl halides is 2. The number of carbonyl (C=O) groups excluding carboxylic acids is 1. The zero-order valence-corrected chi connectivity index (χ0v) is 18.9. The Kier molecular flexibility index (Phi) is 5.72. The number of phenolic OH excluding ortho intramolecular Hbond substituents is 1. The summed E-state index contributed by atoms with van der Waals surface area (Å²) < 4.78 is 36.5. The number of rotatable bonds is 3. The van der Waals surface area contributed by atoms with E-state index in [1.165, 1.54) is 29.2 Å². The molecule has 1 aliphatic rings. The molecule has 0 fully saturated rings. The van der Waals surface area contributed by atoms with Gasteiger partial charge in [-0.1, -0.05) is 18.2 Å². The van der Waals surface area contributed by atoms with E-state index in [-0.39, 0.29) is 29.2 Å². The quantitative estimate of drug-likeness (QED) is 0.596. The SMILES string of the molecule is CC(C)(C)OC(=O)N1CC=C(c2cnn(-c3cc(-c4ccccc4O)nnc3N)c2)C(F)(F)C1. The van der Waals surface area contributed by atoms with Crippen LogP contribution in [0.25, 0.3) is 22.5 Å². The van der Waals surface area contributed by atoms with Gasteiger partial charge in [0.05, 0.1) is 18.4 Å². The van der Waals surface area contributed by atoms with Gasteiger partial charge in [-0.05, 0) is 39.0 Å². The van der Waals surface area contributed by atoms with Crippen LogP contribution >= 0.6 is 0 Å². The molecule has 0 atom stereocenters. The van der Waals surface area contributed by atoms with E-state index in [0.29, 0.717) is 16.9 Å². The number of nitrogen functional groups attached to an aromatic ring is 1. The third-order valence-electron chi connectivity index (χ3n) is 5.07. The first-order valence-electron chi connectivity index (χ1n) is 10.5. The molecule has 0 bridgehead atoms. The number of phenols is 1. The van der Waals surface area contributed by atoms with Gasteiger partial charge >= 0.3 is 6.09 Å². The van der Waals surface area contributed by atoms with Crippen LogP contribution in [-0.4, -0.2) is 60.7 Å². The van der Waals surface area contributed by atoms with Gasteiger partial charge in [-0.25, -0.2) is 9.48 Å². The molecule has 3 N–H and O–H groups in total. The molecule has 1 aromatic carbocycles. The lowest BCUT2D eigenvalue weighted by molar-refractivity contribution is -0.0105. The number of hydrogen-bond donors (Lipinski definition) is 2. The van der Waals surface area contributed by atoms with E-state index in [2.05, 4.69) is 15.3 Å². The van der Waals surface area contributed by atoms with Crippen LogP contribution in [0.3, 0.4) is 0 Å². The Labute approximate surface area is 194 Å². The van der Waals surface area contributed by atoms with E-state index >= 15 is 0 Å². The second kappa shape index (κ2) is 8.40. The Bertz CT molecular complexity index is 1270. The van der Waals surface area contributed by atoms with Crippen LogP contribution in [0.5, 0.6) is 5.75 Å². The number of amides is 1. The summed E-state index contributed by atoms with van der Waals surface area (Å²) in [4.78, 5) is 13.2. The fourth-order valence-electron chi connectivity index (χ4n) is 3.53. The number of aromatic hydroxyl groups is 1. The van der Waals surface area contributed by atoms with Crippen LogP contribution in [0.1, 0.15) is 26.3 Å². The van der Waals surface area contributed by atoms with Crippen molar-refractivity contribution >= 4 is 17.5 Å². The number of carbonyl (C=O) groups is 1. The smallest absolute Gasteiger partial charge is 0.410 e. The largest absolute Gasteiger partial charge is 0.507 e. The average molecular weight is 470 g/mol. The summed E-state index contributed by atoms with van der Waals surface area (Å²) in [5.41, 5.74) is 6.20. The number of aromatic nitrogens is 4. The standard InChI is InChI=1S/C23H24F2N6O3/c1-22(2,3)34-21(33)30-9-8-16(23(24,25)13-30)14-11-27-31(12-14)18-10-17(28-29-20(18)26)15-6-4-5-7-19(15)32/h4-8,10-12,32H,9,13H2,1-3H3,(H2,26,29). The minimum Gasteiger partial charge on any atom is -0.507 e. The van der Waals surface area contributed by atoms with Gasteiger partial charge in [-0.3, -0.25) is 4.90 Å². The zero-order chi connectivity index (χ0) is 24.7. The molecule has 178 valence electrons. The van der Waals surface area contributed by atoms with Gasteiger partial charge in [0.15, 0.2) is 5.82 Å². The summed E-state index contributed by atoms with van der Waals surface area (Å²) in [7, 11) is 0. The second-order valence-electron chi connectivity index (χ2n) is 8.87. The topological polar surface area (TPSA) is 119 Å². The first-order chi connectivity index (χ1) is 15.9. The number of ether oxygens (including phenoxy) is 1. The number of halogens is 2. The minimum absolute atomic E-state index is 0.00946. The van der Waals surface area contributed by atoms with Crippen LogP contribution < -0.4 is 5.73 Å². The summed E-state index contributed by atoms with van der Waals surface area (Å²) in [5, 5.41) is 22.2. The first kappa shape index (κ1) is 23.1. The highest BCUT2D eigenvalue weighted by atomic mass is 19.3. The lowest BCUT2D eigenvalue weighted by Crippen LogP contribution is -2.46. The number of hydrogen-bond acceptors (Lipinski definition) is 7. The van der Waals surface area contributed by atoms with Crippen molar-refractivity contribution in [2.75, 3.05) is 18.8 Å². The van der Waals surface area contributed by atoms with Gasteiger partial charge < -0.3 is 15.6 Å². The van der Waals surface area contributed by atoms with E-state index in [1.807, 2.05) is 0 Å². The predicted molar refractivity (Wildman–Crippen MR) is 121 cm³/mol. The van der Waals surface area contributed by atoms with Gasteiger partial charge in [0.25, 0.3) is 5.92 Å². The molecule has 0 radical (unpaired) electrons. The summed E-state index contributed by atoms with van der Waals surface area (Å²) >= 11 is 0. The van der Waals surface area contributed by atoms with Crippen molar-refractivity contribution in [3.8, 4) is 22.7 Å². The summed E-state index contributed by atoms with van der Waals surface area (Å²) in [5.74, 6) is -3.27. The highest BCUT2D eigenvalue weighted by Crippen LogP contribution is 2.37. The van der Waals surface area contributed by atoms with Crippen LogP contribution in [0.2, 0.25) is 0 Å². The van der Waals surface area contributed by atoms with E-state index in [9.17, 15) is 18.7 Å². The summed E-state index contributed by atoms with van der Waals surface area (Å²) in [6, 6.07) is 8.14. The third-order valence-corrected chi connectivity index (χ3v) is 5.07. The fraction of sp³-hybridized carbons (Fsp3) is 0.304. The van der Waals surface area contributed by atoms with E-state index in [0.717, 1.165) is 4.90 Å². The molecule has 1 aliphatic heterocycles. The van der Waals surface area contributed by atoms with Crippen molar-refractivity contribution in [2.45, 2.75) is 32.3 Å². The molecular formula is C23H24F2N6O3. The lowest BCUT2D eigenvalue weighted by Gasteiger charge is -2.33. The molecular weight excluding hydrogens is 446 g/mol. The molecule has 4 rings (SSSR count). The molecule has 11 heteroatoms. The minimum atomic E-state index is -3.31. The Balaban J connectivity index is 1.62. The molecule has 0 unspecified atom stereocenters. The van der Waals surface area contributed by atoms with Crippen LogP contribution in [-0.2, 0) is 4.74 Å². The van der Waals surface area contributed by atoms with Crippen LogP contribution in [0, 0.1) is 0 Å². The van der Waals surface area contributed by atoms with Gasteiger partial charge in [0.1, 0.15) is 17.0 Å². The molecule has 0 saturated heterocycles. The zero-order valence-electron chi connectivity index (χ0n) is 18.9.